The number of aryl methyl sites for hydroxylation is 1. The third-order valence-electron chi connectivity index (χ3n) is 4.17. The first kappa shape index (κ1) is 13.4. The van der Waals surface area contributed by atoms with Crippen molar-refractivity contribution in [1.82, 2.24) is 5.32 Å². The van der Waals surface area contributed by atoms with Gasteiger partial charge < -0.3 is 10.1 Å². The van der Waals surface area contributed by atoms with E-state index in [1.807, 2.05) is 0 Å². The second kappa shape index (κ2) is 6.24. The van der Waals surface area contributed by atoms with E-state index >= 15 is 0 Å². The second-order valence-corrected chi connectivity index (χ2v) is 5.39. The fourth-order valence-corrected chi connectivity index (χ4v) is 3.17. The first-order chi connectivity index (χ1) is 8.76. The highest BCUT2D eigenvalue weighted by Gasteiger charge is 2.26. The summed E-state index contributed by atoms with van der Waals surface area (Å²) in [5.74, 6) is 1.64. The number of methoxy groups -OCH3 is 1. The highest BCUT2D eigenvalue weighted by molar-refractivity contribution is 5.40. The van der Waals surface area contributed by atoms with Crippen molar-refractivity contribution in [1.29, 1.82) is 0 Å². The largest absolute Gasteiger partial charge is 0.496 e. The fourth-order valence-electron chi connectivity index (χ4n) is 3.17. The first-order valence-electron chi connectivity index (χ1n) is 7.08. The summed E-state index contributed by atoms with van der Waals surface area (Å²) < 4.78 is 5.56. The van der Waals surface area contributed by atoms with Crippen LogP contribution in [-0.4, -0.2) is 20.2 Å². The monoisotopic (exact) mass is 247 g/mol. The summed E-state index contributed by atoms with van der Waals surface area (Å²) >= 11 is 0. The summed E-state index contributed by atoms with van der Waals surface area (Å²) in [6, 6.07) is 7.14. The van der Waals surface area contributed by atoms with Crippen LogP contribution < -0.4 is 10.1 Å². The van der Waals surface area contributed by atoms with Gasteiger partial charge >= 0.3 is 0 Å². The van der Waals surface area contributed by atoms with Crippen molar-refractivity contribution in [3.8, 4) is 5.75 Å². The predicted octanol–water partition coefficient (Wildman–Crippen LogP) is 3.64. The van der Waals surface area contributed by atoms with E-state index in [1.165, 1.54) is 43.2 Å². The van der Waals surface area contributed by atoms with Gasteiger partial charge in [-0.3, -0.25) is 0 Å². The molecule has 0 spiro atoms. The lowest BCUT2D eigenvalue weighted by Crippen LogP contribution is -2.31. The Balaban J connectivity index is 2.34. The molecule has 1 N–H and O–H groups in total. The fraction of sp³-hybridized carbons (Fsp3) is 0.625. The van der Waals surface area contributed by atoms with E-state index in [0.29, 0.717) is 12.0 Å². The number of hydrogen-bond donors (Lipinski definition) is 1. The molecule has 0 amide bonds. The lowest BCUT2D eigenvalue weighted by molar-refractivity contribution is 0.385. The molecule has 0 heterocycles. The van der Waals surface area contributed by atoms with E-state index in [-0.39, 0.29) is 0 Å². The minimum atomic E-state index is 0.586. The molecule has 100 valence electrons. The maximum absolute atomic E-state index is 5.56. The average molecular weight is 247 g/mol. The summed E-state index contributed by atoms with van der Waals surface area (Å²) in [5, 5.41) is 3.51. The molecule has 0 saturated heterocycles. The second-order valence-electron chi connectivity index (χ2n) is 5.39. The van der Waals surface area contributed by atoms with Crippen molar-refractivity contribution in [2.45, 2.75) is 51.0 Å². The van der Waals surface area contributed by atoms with E-state index in [2.05, 4.69) is 37.5 Å². The van der Waals surface area contributed by atoms with Gasteiger partial charge in [0.25, 0.3) is 0 Å². The molecule has 1 aromatic carbocycles. The summed E-state index contributed by atoms with van der Waals surface area (Å²) in [5.41, 5.74) is 2.71. The molecule has 1 saturated carbocycles. The van der Waals surface area contributed by atoms with Crippen LogP contribution in [0.5, 0.6) is 5.75 Å². The van der Waals surface area contributed by atoms with Gasteiger partial charge in [0, 0.05) is 12.0 Å². The van der Waals surface area contributed by atoms with Gasteiger partial charge in [-0.05, 0) is 38.4 Å². The predicted molar refractivity (Wildman–Crippen MR) is 76.4 cm³/mol. The van der Waals surface area contributed by atoms with Crippen molar-refractivity contribution in [3.63, 3.8) is 0 Å². The Morgan fingerprint density at radius 1 is 1.17 bits per heavy atom. The maximum atomic E-state index is 5.56. The van der Waals surface area contributed by atoms with Crippen LogP contribution in [0.2, 0.25) is 0 Å². The van der Waals surface area contributed by atoms with E-state index in [9.17, 15) is 0 Å². The van der Waals surface area contributed by atoms with Gasteiger partial charge in [0.2, 0.25) is 0 Å². The normalized spacial score (nSPS) is 24.6. The Bertz CT molecular complexity index is 389. The molecule has 2 unspecified atom stereocenters. The Hall–Kier alpha value is -1.02. The molecule has 0 bridgehead atoms. The third-order valence-corrected chi connectivity index (χ3v) is 4.17. The van der Waals surface area contributed by atoms with Crippen LogP contribution in [-0.2, 0) is 0 Å². The van der Waals surface area contributed by atoms with Crippen LogP contribution in [0.4, 0.5) is 0 Å². The Kier molecular flexibility index (Phi) is 4.65. The van der Waals surface area contributed by atoms with Crippen LogP contribution in [0.25, 0.3) is 0 Å². The smallest absolute Gasteiger partial charge is 0.122 e. The number of likely N-dealkylation sites (N-methyl/N-ethyl adjacent to an activating group) is 1. The molecule has 0 aliphatic heterocycles. The maximum Gasteiger partial charge on any atom is 0.122 e. The van der Waals surface area contributed by atoms with Gasteiger partial charge in [-0.25, -0.2) is 0 Å². The van der Waals surface area contributed by atoms with Crippen molar-refractivity contribution >= 4 is 0 Å². The van der Waals surface area contributed by atoms with Crippen LogP contribution in [0.3, 0.4) is 0 Å². The Morgan fingerprint density at radius 2 is 1.94 bits per heavy atom. The van der Waals surface area contributed by atoms with Crippen LogP contribution in [0.1, 0.15) is 49.1 Å². The summed E-state index contributed by atoms with van der Waals surface area (Å²) in [6.45, 7) is 2.16. The van der Waals surface area contributed by atoms with Gasteiger partial charge in [-0.1, -0.05) is 37.0 Å². The molecule has 1 aliphatic carbocycles. The molecule has 0 radical (unpaired) electrons. The van der Waals surface area contributed by atoms with Gasteiger partial charge in [-0.15, -0.1) is 0 Å². The highest BCUT2D eigenvalue weighted by atomic mass is 16.5. The van der Waals surface area contributed by atoms with Gasteiger partial charge in [0.05, 0.1) is 7.11 Å². The van der Waals surface area contributed by atoms with E-state index < -0.39 is 0 Å². The Morgan fingerprint density at radius 3 is 2.67 bits per heavy atom. The topological polar surface area (TPSA) is 21.3 Å². The van der Waals surface area contributed by atoms with Crippen molar-refractivity contribution < 1.29 is 4.74 Å². The lowest BCUT2D eigenvalue weighted by atomic mass is 9.86. The van der Waals surface area contributed by atoms with Crippen molar-refractivity contribution in [3.05, 3.63) is 29.3 Å². The Labute approximate surface area is 111 Å². The summed E-state index contributed by atoms with van der Waals surface area (Å²) in [4.78, 5) is 0. The van der Waals surface area contributed by atoms with Gasteiger partial charge in [0.15, 0.2) is 0 Å². The minimum absolute atomic E-state index is 0.586. The lowest BCUT2D eigenvalue weighted by Gasteiger charge is -2.27. The molecule has 2 atom stereocenters. The van der Waals surface area contributed by atoms with Gasteiger partial charge in [0.1, 0.15) is 5.75 Å². The zero-order valence-corrected chi connectivity index (χ0v) is 11.8. The van der Waals surface area contributed by atoms with E-state index in [1.54, 1.807) is 7.11 Å². The number of benzene rings is 1. The summed E-state index contributed by atoms with van der Waals surface area (Å²) in [6.07, 6.45) is 6.59. The average Bonchev–Trinajstić information content (AvgIpc) is 2.63. The van der Waals surface area contributed by atoms with Crippen molar-refractivity contribution in [2.75, 3.05) is 14.2 Å². The number of ether oxygens (including phenoxy) is 1. The molecule has 1 fully saturated rings. The SMILES string of the molecule is CNC1CCCCCC1c1cc(C)ccc1OC. The zero-order valence-electron chi connectivity index (χ0n) is 11.8. The van der Waals surface area contributed by atoms with Gasteiger partial charge in [-0.2, -0.15) is 0 Å². The number of rotatable bonds is 3. The van der Waals surface area contributed by atoms with Crippen LogP contribution >= 0.6 is 0 Å². The molecule has 1 aromatic rings. The zero-order chi connectivity index (χ0) is 13.0. The van der Waals surface area contributed by atoms with E-state index in [4.69, 9.17) is 4.74 Å². The highest BCUT2D eigenvalue weighted by Crippen LogP contribution is 2.37. The molecular formula is C16H25NO. The summed E-state index contributed by atoms with van der Waals surface area (Å²) in [7, 11) is 3.87. The molecule has 0 aromatic heterocycles. The molecule has 2 nitrogen and oxygen atoms in total. The van der Waals surface area contributed by atoms with Crippen molar-refractivity contribution in [2.24, 2.45) is 0 Å². The van der Waals surface area contributed by atoms with Crippen LogP contribution in [0.15, 0.2) is 18.2 Å². The number of hydrogen-bond acceptors (Lipinski definition) is 2. The molecule has 2 rings (SSSR count). The van der Waals surface area contributed by atoms with Crippen LogP contribution in [0, 0.1) is 6.92 Å². The molecule has 2 heteroatoms. The standard InChI is InChI=1S/C16H25NO/c1-12-9-10-16(18-3)14(11-12)13-7-5-4-6-8-15(13)17-2/h9-11,13,15,17H,4-8H2,1-3H3. The first-order valence-corrected chi connectivity index (χ1v) is 7.08. The molecule has 1 aliphatic rings. The molecule has 18 heavy (non-hydrogen) atoms. The third kappa shape index (κ3) is 2.86. The molecular weight excluding hydrogens is 222 g/mol. The quantitative estimate of drug-likeness (QED) is 0.823. The van der Waals surface area contributed by atoms with E-state index in [0.717, 1.165) is 5.75 Å². The minimum Gasteiger partial charge on any atom is -0.496 e. The number of nitrogens with one attached hydrogen (secondary N) is 1.